The first-order chi connectivity index (χ1) is 12.3. The molecule has 26 heavy (non-hydrogen) atoms. The van der Waals surface area contributed by atoms with Gasteiger partial charge in [-0.1, -0.05) is 26.7 Å². The summed E-state index contributed by atoms with van der Waals surface area (Å²) < 4.78 is 26.3. The summed E-state index contributed by atoms with van der Waals surface area (Å²) in [6, 6.07) is 0.374. The second kappa shape index (κ2) is 10.0. The maximum Gasteiger partial charge on any atom is 0.236 e. The van der Waals surface area contributed by atoms with Crippen LogP contribution in [0, 0.1) is 5.92 Å². The number of carbonyl (C=O) groups excluding carboxylic acids is 1. The number of carbonyl (C=O) groups is 1. The molecule has 1 saturated heterocycles. The molecule has 6 nitrogen and oxygen atoms in total. The molecule has 2 aliphatic rings. The molecule has 0 aromatic rings. The van der Waals surface area contributed by atoms with E-state index in [2.05, 4.69) is 18.7 Å². The predicted molar refractivity (Wildman–Crippen MR) is 106 cm³/mol. The summed E-state index contributed by atoms with van der Waals surface area (Å²) >= 11 is 0. The third kappa shape index (κ3) is 6.20. The minimum Gasteiger partial charge on any atom is -0.342 e. The number of sulfonamides is 1. The summed E-state index contributed by atoms with van der Waals surface area (Å²) in [7, 11) is -1.21. The van der Waals surface area contributed by atoms with Gasteiger partial charge in [-0.2, -0.15) is 4.31 Å². The third-order valence-corrected chi connectivity index (χ3v) is 7.97. The summed E-state index contributed by atoms with van der Waals surface area (Å²) in [6.45, 7) is 7.08. The van der Waals surface area contributed by atoms with Crippen LogP contribution in [0.3, 0.4) is 0 Å². The molecule has 1 saturated carbocycles. The zero-order chi connectivity index (χ0) is 19.2. The van der Waals surface area contributed by atoms with E-state index in [1.165, 1.54) is 12.8 Å². The van der Waals surface area contributed by atoms with Crippen LogP contribution in [-0.2, 0) is 14.8 Å². The average molecular weight is 388 g/mol. The van der Waals surface area contributed by atoms with Crippen molar-refractivity contribution in [3.05, 3.63) is 0 Å². The molecule has 0 aromatic carbocycles. The molecule has 1 aliphatic heterocycles. The van der Waals surface area contributed by atoms with Crippen molar-refractivity contribution in [3.63, 3.8) is 0 Å². The van der Waals surface area contributed by atoms with Crippen LogP contribution in [0.5, 0.6) is 0 Å². The molecule has 0 aromatic heterocycles. The summed E-state index contributed by atoms with van der Waals surface area (Å²) in [5.74, 6) is 1.20. The number of likely N-dealkylation sites (N-methyl/N-ethyl adjacent to an activating group) is 1. The van der Waals surface area contributed by atoms with Crippen molar-refractivity contribution in [3.8, 4) is 0 Å². The molecule has 1 amide bonds. The number of amides is 1. The Morgan fingerprint density at radius 2 is 1.65 bits per heavy atom. The Bertz CT molecular complexity index is 536. The highest BCUT2D eigenvalue weighted by Crippen LogP contribution is 2.26. The van der Waals surface area contributed by atoms with Crippen LogP contribution in [0.2, 0.25) is 0 Å². The highest BCUT2D eigenvalue weighted by atomic mass is 32.2. The largest absolute Gasteiger partial charge is 0.342 e. The van der Waals surface area contributed by atoms with E-state index in [1.54, 1.807) is 4.31 Å². The molecule has 0 spiro atoms. The number of hydrogen-bond acceptors (Lipinski definition) is 4. The maximum atomic E-state index is 12.6. The monoisotopic (exact) mass is 387 g/mol. The first-order valence-corrected chi connectivity index (χ1v) is 11.9. The molecule has 0 atom stereocenters. The van der Waals surface area contributed by atoms with E-state index in [0.29, 0.717) is 38.8 Å². The molecule has 1 heterocycles. The van der Waals surface area contributed by atoms with Gasteiger partial charge in [-0.3, -0.25) is 9.69 Å². The predicted octanol–water partition coefficient (Wildman–Crippen LogP) is 2.16. The Morgan fingerprint density at radius 3 is 2.23 bits per heavy atom. The Kier molecular flexibility index (Phi) is 8.36. The topological polar surface area (TPSA) is 60.9 Å². The number of nitrogens with zero attached hydrogens (tertiary/aromatic N) is 3. The standard InChI is InChI=1S/C19H37N3O3S/c1-4-5-6-15-26(24,25)22-13-11-21(12-14-22)16-19(23)20(3)18-9-7-17(2)8-10-18/h17-18H,4-16H2,1-3H3. The Balaban J connectivity index is 1.74. The smallest absolute Gasteiger partial charge is 0.236 e. The van der Waals surface area contributed by atoms with Crippen molar-refractivity contribution in [2.45, 2.75) is 64.8 Å². The van der Waals surface area contributed by atoms with Crippen molar-refractivity contribution in [2.75, 3.05) is 45.5 Å². The Morgan fingerprint density at radius 1 is 1.04 bits per heavy atom. The number of rotatable bonds is 8. The molecule has 0 radical (unpaired) electrons. The Hall–Kier alpha value is -0.660. The normalized spacial score (nSPS) is 26.0. The quantitative estimate of drug-likeness (QED) is 0.599. The van der Waals surface area contributed by atoms with Crippen molar-refractivity contribution in [1.82, 2.24) is 14.1 Å². The molecule has 2 rings (SSSR count). The van der Waals surface area contributed by atoms with Gasteiger partial charge in [0.25, 0.3) is 0 Å². The molecular weight excluding hydrogens is 350 g/mol. The van der Waals surface area contributed by atoms with Crippen molar-refractivity contribution < 1.29 is 13.2 Å². The van der Waals surface area contributed by atoms with Gasteiger partial charge in [0, 0.05) is 39.3 Å². The fraction of sp³-hybridized carbons (Fsp3) is 0.947. The van der Waals surface area contributed by atoms with E-state index < -0.39 is 10.0 Å². The molecule has 0 unspecified atom stereocenters. The second-order valence-corrected chi connectivity index (χ2v) is 10.2. The highest BCUT2D eigenvalue weighted by Gasteiger charge is 2.29. The highest BCUT2D eigenvalue weighted by molar-refractivity contribution is 7.89. The van der Waals surface area contributed by atoms with E-state index in [4.69, 9.17) is 0 Å². The van der Waals surface area contributed by atoms with Gasteiger partial charge in [0.05, 0.1) is 12.3 Å². The summed E-state index contributed by atoms with van der Waals surface area (Å²) in [5, 5.41) is 0. The molecule has 7 heteroatoms. The first-order valence-electron chi connectivity index (χ1n) is 10.3. The van der Waals surface area contributed by atoms with Gasteiger partial charge in [-0.25, -0.2) is 8.42 Å². The van der Waals surface area contributed by atoms with Crippen molar-refractivity contribution in [2.24, 2.45) is 5.92 Å². The van der Waals surface area contributed by atoms with E-state index in [-0.39, 0.29) is 11.7 Å². The lowest BCUT2D eigenvalue weighted by atomic mass is 9.87. The van der Waals surface area contributed by atoms with E-state index >= 15 is 0 Å². The van der Waals surface area contributed by atoms with Gasteiger partial charge in [0.15, 0.2) is 0 Å². The summed E-state index contributed by atoms with van der Waals surface area (Å²) in [5.41, 5.74) is 0. The van der Waals surface area contributed by atoms with Gasteiger partial charge < -0.3 is 4.90 Å². The minimum absolute atomic E-state index is 0.170. The number of unbranched alkanes of at least 4 members (excludes halogenated alkanes) is 2. The van der Waals surface area contributed by atoms with Gasteiger partial charge in [0.1, 0.15) is 0 Å². The molecule has 2 fully saturated rings. The molecule has 1 aliphatic carbocycles. The fourth-order valence-corrected chi connectivity index (χ4v) is 5.51. The maximum absolute atomic E-state index is 12.6. The molecule has 0 bridgehead atoms. The van der Waals surface area contributed by atoms with Crippen molar-refractivity contribution in [1.29, 1.82) is 0 Å². The van der Waals surface area contributed by atoms with E-state index in [0.717, 1.165) is 38.0 Å². The molecule has 152 valence electrons. The minimum atomic E-state index is -3.13. The summed E-state index contributed by atoms with van der Waals surface area (Å²) in [6.07, 6.45) is 7.34. The summed E-state index contributed by atoms with van der Waals surface area (Å²) in [4.78, 5) is 16.6. The van der Waals surface area contributed by atoms with Crippen LogP contribution in [0.1, 0.15) is 58.8 Å². The fourth-order valence-electron chi connectivity index (χ4n) is 3.97. The average Bonchev–Trinajstić information content (AvgIpc) is 2.62. The van der Waals surface area contributed by atoms with Crippen LogP contribution in [0.4, 0.5) is 0 Å². The van der Waals surface area contributed by atoms with Gasteiger partial charge in [0.2, 0.25) is 15.9 Å². The molecule has 0 N–H and O–H groups in total. The Labute approximate surface area is 159 Å². The zero-order valence-corrected chi connectivity index (χ0v) is 17.6. The second-order valence-electron chi connectivity index (χ2n) is 8.12. The van der Waals surface area contributed by atoms with Crippen LogP contribution in [0.15, 0.2) is 0 Å². The number of piperazine rings is 1. The van der Waals surface area contributed by atoms with Gasteiger partial charge in [-0.15, -0.1) is 0 Å². The third-order valence-electron chi connectivity index (χ3n) is 6.02. The van der Waals surface area contributed by atoms with Crippen LogP contribution >= 0.6 is 0 Å². The first kappa shape index (κ1) is 21.6. The van der Waals surface area contributed by atoms with E-state index in [9.17, 15) is 13.2 Å². The van der Waals surface area contributed by atoms with Crippen LogP contribution in [-0.4, -0.2) is 80.0 Å². The number of hydrogen-bond donors (Lipinski definition) is 0. The van der Waals surface area contributed by atoms with Crippen molar-refractivity contribution >= 4 is 15.9 Å². The van der Waals surface area contributed by atoms with E-state index in [1.807, 2.05) is 11.9 Å². The van der Waals surface area contributed by atoms with Crippen LogP contribution < -0.4 is 0 Å². The molecular formula is C19H37N3O3S. The zero-order valence-electron chi connectivity index (χ0n) is 16.8. The SMILES string of the molecule is CCCCCS(=O)(=O)N1CCN(CC(=O)N(C)C2CCC(C)CC2)CC1. The van der Waals surface area contributed by atoms with Crippen LogP contribution in [0.25, 0.3) is 0 Å². The lowest BCUT2D eigenvalue weighted by Gasteiger charge is -2.37. The van der Waals surface area contributed by atoms with Gasteiger partial charge >= 0.3 is 0 Å². The lowest BCUT2D eigenvalue weighted by Crippen LogP contribution is -2.52. The van der Waals surface area contributed by atoms with Gasteiger partial charge in [-0.05, 0) is 38.0 Å². The lowest BCUT2D eigenvalue weighted by molar-refractivity contribution is -0.134.